The van der Waals surface area contributed by atoms with Crippen LogP contribution in [0.4, 0.5) is 10.5 Å². The summed E-state index contributed by atoms with van der Waals surface area (Å²) >= 11 is 0. The fourth-order valence-corrected chi connectivity index (χ4v) is 2.71. The van der Waals surface area contributed by atoms with E-state index in [-0.39, 0.29) is 17.3 Å². The van der Waals surface area contributed by atoms with Gasteiger partial charge in [0.2, 0.25) is 0 Å². The Morgan fingerprint density at radius 2 is 2.10 bits per heavy atom. The molecule has 1 fully saturated rings. The van der Waals surface area contributed by atoms with Gasteiger partial charge in [-0.1, -0.05) is 13.3 Å². The lowest BCUT2D eigenvalue weighted by Crippen LogP contribution is -2.32. The Balaban J connectivity index is 1.85. The van der Waals surface area contributed by atoms with Crippen LogP contribution in [0.15, 0.2) is 18.2 Å². The van der Waals surface area contributed by atoms with Crippen LogP contribution in [-0.4, -0.2) is 28.8 Å². The van der Waals surface area contributed by atoms with Gasteiger partial charge in [-0.3, -0.25) is 0 Å². The van der Waals surface area contributed by atoms with E-state index in [1.807, 2.05) is 0 Å². The molecule has 2 amide bonds. The van der Waals surface area contributed by atoms with Crippen LogP contribution >= 0.6 is 0 Å². The summed E-state index contributed by atoms with van der Waals surface area (Å²) in [5, 5.41) is 23.7. The number of anilines is 1. The second-order valence-corrected chi connectivity index (χ2v) is 5.66. The molecular weight excluding hydrogens is 272 g/mol. The molecule has 0 bridgehead atoms. The molecule has 2 atom stereocenters. The van der Waals surface area contributed by atoms with Crippen molar-refractivity contribution in [3.63, 3.8) is 0 Å². The number of urea groups is 1. The van der Waals surface area contributed by atoms with E-state index in [0.29, 0.717) is 18.2 Å². The molecule has 4 N–H and O–H groups in total. The van der Waals surface area contributed by atoms with E-state index in [9.17, 15) is 14.7 Å². The minimum atomic E-state index is -1.21. The van der Waals surface area contributed by atoms with Crippen LogP contribution in [0.3, 0.4) is 0 Å². The monoisotopic (exact) mass is 292 g/mol. The zero-order valence-electron chi connectivity index (χ0n) is 11.9. The number of hydrogen-bond donors (Lipinski definition) is 4. The van der Waals surface area contributed by atoms with Crippen LogP contribution < -0.4 is 10.6 Å². The molecule has 2 unspecified atom stereocenters. The lowest BCUT2D eigenvalue weighted by atomic mass is 10.1. The molecule has 0 aromatic heterocycles. The Morgan fingerprint density at radius 1 is 1.33 bits per heavy atom. The molecule has 21 heavy (non-hydrogen) atoms. The maximum absolute atomic E-state index is 11.8. The zero-order chi connectivity index (χ0) is 15.4. The van der Waals surface area contributed by atoms with Crippen molar-refractivity contribution >= 4 is 17.7 Å². The number of rotatable bonds is 4. The second-order valence-electron chi connectivity index (χ2n) is 5.66. The molecule has 0 saturated heterocycles. The third kappa shape index (κ3) is 4.11. The average molecular weight is 292 g/mol. The van der Waals surface area contributed by atoms with Crippen molar-refractivity contribution in [1.29, 1.82) is 0 Å². The summed E-state index contributed by atoms with van der Waals surface area (Å²) in [6, 6.07) is 3.57. The number of carboxylic acid groups (broad SMARTS) is 1. The summed E-state index contributed by atoms with van der Waals surface area (Å²) in [7, 11) is 0. The Labute approximate surface area is 123 Å². The number of carbonyl (C=O) groups is 2. The summed E-state index contributed by atoms with van der Waals surface area (Å²) < 4.78 is 0. The number of phenols is 1. The summed E-state index contributed by atoms with van der Waals surface area (Å²) in [4.78, 5) is 22.5. The average Bonchev–Trinajstić information content (AvgIpc) is 2.82. The van der Waals surface area contributed by atoms with E-state index >= 15 is 0 Å². The Bertz CT molecular complexity index is 544. The number of benzene rings is 1. The van der Waals surface area contributed by atoms with Gasteiger partial charge in [0.05, 0.1) is 0 Å². The predicted molar refractivity (Wildman–Crippen MR) is 78.6 cm³/mol. The molecule has 1 aliphatic rings. The van der Waals surface area contributed by atoms with Crippen molar-refractivity contribution in [2.45, 2.75) is 26.2 Å². The molecule has 2 rings (SSSR count). The van der Waals surface area contributed by atoms with Crippen molar-refractivity contribution in [1.82, 2.24) is 5.32 Å². The number of carbonyl (C=O) groups excluding carboxylic acids is 1. The van der Waals surface area contributed by atoms with Gasteiger partial charge in [0.15, 0.2) is 0 Å². The molecule has 1 aromatic carbocycles. The van der Waals surface area contributed by atoms with E-state index in [0.717, 1.165) is 18.8 Å². The maximum Gasteiger partial charge on any atom is 0.339 e. The SMILES string of the molecule is CC1CCC(CNC(=O)Nc2ccc(C(=O)O)c(O)c2)C1. The predicted octanol–water partition coefficient (Wildman–Crippen LogP) is 2.65. The normalized spacial score (nSPS) is 21.0. The molecule has 1 saturated carbocycles. The molecule has 1 aromatic rings. The Hall–Kier alpha value is -2.24. The molecule has 0 radical (unpaired) electrons. The summed E-state index contributed by atoms with van der Waals surface area (Å²) in [6.45, 7) is 2.85. The highest BCUT2D eigenvalue weighted by atomic mass is 16.4. The zero-order valence-corrected chi connectivity index (χ0v) is 11.9. The van der Waals surface area contributed by atoms with Crippen molar-refractivity contribution in [3.8, 4) is 5.75 Å². The number of amides is 2. The highest BCUT2D eigenvalue weighted by molar-refractivity contribution is 5.93. The first-order valence-electron chi connectivity index (χ1n) is 7.07. The van der Waals surface area contributed by atoms with Crippen molar-refractivity contribution in [2.24, 2.45) is 11.8 Å². The first-order valence-corrected chi connectivity index (χ1v) is 7.07. The molecular formula is C15H20N2O4. The smallest absolute Gasteiger partial charge is 0.339 e. The van der Waals surface area contributed by atoms with Crippen LogP contribution in [0, 0.1) is 11.8 Å². The number of aromatic hydroxyl groups is 1. The van der Waals surface area contributed by atoms with E-state index in [1.165, 1.54) is 24.6 Å². The van der Waals surface area contributed by atoms with Gasteiger partial charge in [-0.2, -0.15) is 0 Å². The largest absolute Gasteiger partial charge is 0.507 e. The minimum absolute atomic E-state index is 0.194. The Morgan fingerprint density at radius 3 is 2.67 bits per heavy atom. The third-order valence-corrected chi connectivity index (χ3v) is 3.84. The quantitative estimate of drug-likeness (QED) is 0.685. The topological polar surface area (TPSA) is 98.7 Å². The van der Waals surface area contributed by atoms with E-state index in [4.69, 9.17) is 5.11 Å². The van der Waals surface area contributed by atoms with Crippen LogP contribution in [-0.2, 0) is 0 Å². The molecule has 1 aliphatic carbocycles. The van der Waals surface area contributed by atoms with Gasteiger partial charge in [-0.25, -0.2) is 9.59 Å². The molecule has 0 heterocycles. The van der Waals surface area contributed by atoms with E-state index in [1.54, 1.807) is 0 Å². The van der Waals surface area contributed by atoms with Gasteiger partial charge in [-0.05, 0) is 36.8 Å². The first kappa shape index (κ1) is 15.2. The van der Waals surface area contributed by atoms with Gasteiger partial charge in [0, 0.05) is 18.3 Å². The third-order valence-electron chi connectivity index (χ3n) is 3.84. The van der Waals surface area contributed by atoms with Gasteiger partial charge >= 0.3 is 12.0 Å². The molecule has 6 nitrogen and oxygen atoms in total. The highest BCUT2D eigenvalue weighted by Gasteiger charge is 2.21. The van der Waals surface area contributed by atoms with Crippen LogP contribution in [0.2, 0.25) is 0 Å². The van der Waals surface area contributed by atoms with Gasteiger partial charge < -0.3 is 20.8 Å². The number of nitrogens with one attached hydrogen (secondary N) is 2. The molecule has 0 aliphatic heterocycles. The van der Waals surface area contributed by atoms with Crippen molar-refractivity contribution < 1.29 is 19.8 Å². The van der Waals surface area contributed by atoms with Crippen LogP contribution in [0.5, 0.6) is 5.75 Å². The lowest BCUT2D eigenvalue weighted by molar-refractivity contribution is 0.0694. The van der Waals surface area contributed by atoms with Gasteiger partial charge in [-0.15, -0.1) is 0 Å². The lowest BCUT2D eigenvalue weighted by Gasteiger charge is -2.12. The second kappa shape index (κ2) is 6.47. The number of carboxylic acids is 1. The Kier molecular flexibility index (Phi) is 4.67. The first-order chi connectivity index (χ1) is 9.95. The van der Waals surface area contributed by atoms with E-state index in [2.05, 4.69) is 17.6 Å². The molecule has 0 spiro atoms. The highest BCUT2D eigenvalue weighted by Crippen LogP contribution is 2.29. The van der Waals surface area contributed by atoms with Gasteiger partial charge in [0.25, 0.3) is 0 Å². The minimum Gasteiger partial charge on any atom is -0.507 e. The molecule has 114 valence electrons. The van der Waals surface area contributed by atoms with Crippen molar-refractivity contribution in [2.75, 3.05) is 11.9 Å². The summed E-state index contributed by atoms with van der Waals surface area (Å²) in [5.74, 6) is -0.335. The maximum atomic E-state index is 11.8. The number of hydrogen-bond acceptors (Lipinski definition) is 3. The van der Waals surface area contributed by atoms with Crippen LogP contribution in [0.1, 0.15) is 36.5 Å². The van der Waals surface area contributed by atoms with E-state index < -0.39 is 5.97 Å². The summed E-state index contributed by atoms with van der Waals surface area (Å²) in [5.41, 5.74) is 0.163. The fourth-order valence-electron chi connectivity index (χ4n) is 2.71. The standard InChI is InChI=1S/C15H20N2O4/c1-9-2-3-10(6-9)8-16-15(21)17-11-4-5-12(14(19)20)13(18)7-11/h4-5,7,9-10,18H,2-3,6,8H2,1H3,(H,19,20)(H2,16,17,21). The van der Waals surface area contributed by atoms with Crippen LogP contribution in [0.25, 0.3) is 0 Å². The van der Waals surface area contributed by atoms with Crippen molar-refractivity contribution in [3.05, 3.63) is 23.8 Å². The fraction of sp³-hybridized carbons (Fsp3) is 0.467. The van der Waals surface area contributed by atoms with Gasteiger partial charge in [0.1, 0.15) is 11.3 Å². The number of aromatic carboxylic acids is 1. The molecule has 6 heteroatoms. The summed E-state index contributed by atoms with van der Waals surface area (Å²) in [6.07, 6.45) is 3.47.